The van der Waals surface area contributed by atoms with Crippen LogP contribution >= 0.6 is 47.0 Å². The topological polar surface area (TPSA) is 34.1 Å². The van der Waals surface area contributed by atoms with Crippen LogP contribution in [-0.2, 0) is 0 Å². The molecule has 0 N–H and O–H groups in total. The van der Waals surface area contributed by atoms with Crippen molar-refractivity contribution < 1.29 is 9.59 Å². The van der Waals surface area contributed by atoms with Gasteiger partial charge in [0.2, 0.25) is 0 Å². The molecule has 1 atom stereocenters. The van der Waals surface area contributed by atoms with Gasteiger partial charge >= 0.3 is 0 Å². The lowest BCUT2D eigenvalue weighted by molar-refractivity contribution is 0.103. The monoisotopic (exact) mass is 948 g/mol. The summed E-state index contributed by atoms with van der Waals surface area (Å²) in [5, 5.41) is 0. The van der Waals surface area contributed by atoms with Gasteiger partial charge < -0.3 is 0 Å². The molecule has 10 rings (SSSR count). The first kappa shape index (κ1) is 45.0. The molecule has 0 radical (unpaired) electrons. The molecule has 1 aliphatic rings. The zero-order valence-electron chi connectivity index (χ0n) is 36.9. The second kappa shape index (κ2) is 21.4. The van der Waals surface area contributed by atoms with Crippen LogP contribution in [0.4, 0.5) is 0 Å². The number of benzene rings is 9. The van der Waals surface area contributed by atoms with E-state index in [0.29, 0.717) is 28.2 Å². The highest BCUT2D eigenvalue weighted by Gasteiger charge is 2.14. The second-order valence-corrected chi connectivity index (χ2v) is 20.9. The van der Waals surface area contributed by atoms with Gasteiger partial charge in [-0.15, -0.1) is 0 Å². The molecule has 68 heavy (non-hydrogen) atoms. The van der Waals surface area contributed by atoms with E-state index in [2.05, 4.69) is 152 Å². The van der Waals surface area contributed by atoms with Gasteiger partial charge in [0.25, 0.3) is 0 Å². The Balaban J connectivity index is 0.746. The van der Waals surface area contributed by atoms with Crippen molar-refractivity contribution in [3.63, 3.8) is 0 Å². The van der Waals surface area contributed by atoms with E-state index in [1.54, 1.807) is 47.0 Å². The molecule has 0 amide bonds. The number of hydrogen-bond donors (Lipinski definition) is 0. The van der Waals surface area contributed by atoms with Crippen molar-refractivity contribution in [1.82, 2.24) is 0 Å². The zero-order chi connectivity index (χ0) is 46.1. The van der Waals surface area contributed by atoms with E-state index in [0.717, 1.165) is 48.3 Å². The van der Waals surface area contributed by atoms with Gasteiger partial charge in [0, 0.05) is 67.3 Å². The number of rotatable bonds is 15. The van der Waals surface area contributed by atoms with Crippen molar-refractivity contribution in [1.29, 1.82) is 0 Å². The lowest BCUT2D eigenvalue weighted by Crippen LogP contribution is -2.01. The minimum atomic E-state index is -0.0118. The van der Waals surface area contributed by atoms with Crippen LogP contribution in [-0.4, -0.2) is 11.6 Å². The number of carbonyl (C=O) groups excluding carboxylic acids is 2. The third-order valence-electron chi connectivity index (χ3n) is 11.6. The predicted molar refractivity (Wildman–Crippen MR) is 285 cm³/mol. The fourth-order valence-electron chi connectivity index (χ4n) is 8.06. The van der Waals surface area contributed by atoms with Gasteiger partial charge in [-0.3, -0.25) is 9.59 Å². The zero-order valence-corrected chi connectivity index (χ0v) is 40.2. The summed E-state index contributed by atoms with van der Waals surface area (Å²) in [7, 11) is 0. The molecular formula is C62H44O2S4. The van der Waals surface area contributed by atoms with E-state index >= 15 is 0 Å². The van der Waals surface area contributed by atoms with Crippen molar-refractivity contribution in [2.75, 3.05) is 0 Å². The highest BCUT2D eigenvalue weighted by molar-refractivity contribution is 8.00. The molecule has 0 fully saturated rings. The second-order valence-electron chi connectivity index (χ2n) is 16.3. The normalized spacial score (nSPS) is 13.0. The molecule has 1 unspecified atom stereocenters. The quantitative estimate of drug-likeness (QED) is 0.0953. The Morgan fingerprint density at radius 2 is 0.721 bits per heavy atom. The Labute approximate surface area is 415 Å². The van der Waals surface area contributed by atoms with Gasteiger partial charge in [-0.1, -0.05) is 187 Å². The van der Waals surface area contributed by atoms with Crippen LogP contribution in [0, 0.1) is 0 Å². The van der Waals surface area contributed by atoms with Crippen LogP contribution in [0.1, 0.15) is 49.7 Å². The highest BCUT2D eigenvalue weighted by Crippen LogP contribution is 2.37. The molecule has 0 saturated heterocycles. The lowest BCUT2D eigenvalue weighted by atomic mass is 9.93. The minimum absolute atomic E-state index is 0.0118. The van der Waals surface area contributed by atoms with E-state index in [1.807, 2.05) is 97.1 Å². The van der Waals surface area contributed by atoms with Crippen molar-refractivity contribution in [3.05, 3.63) is 277 Å². The summed E-state index contributed by atoms with van der Waals surface area (Å²) in [6.45, 7) is 0. The third kappa shape index (κ3) is 11.3. The van der Waals surface area contributed by atoms with Crippen LogP contribution in [0.5, 0.6) is 0 Å². The van der Waals surface area contributed by atoms with Crippen LogP contribution < -0.4 is 0 Å². The van der Waals surface area contributed by atoms with Crippen molar-refractivity contribution in [2.45, 2.75) is 51.5 Å². The molecule has 0 aromatic heterocycles. The van der Waals surface area contributed by atoms with E-state index in [1.165, 1.54) is 25.1 Å². The van der Waals surface area contributed by atoms with E-state index in [4.69, 9.17) is 0 Å². The van der Waals surface area contributed by atoms with Gasteiger partial charge in [0.1, 0.15) is 0 Å². The SMILES string of the molecule is O=C(c1ccccc1)c1cccc(Sc2ccc(Sc3cccc(C(=O)c4cccc(-c5cccc(-c6ccc(Sc7ccc(Sc8ccc(C9C=CC=CC9)cc8)cc7)cc6)c5)c4)c3)cc2)c1. The van der Waals surface area contributed by atoms with Crippen LogP contribution in [0.2, 0.25) is 0 Å². The summed E-state index contributed by atoms with van der Waals surface area (Å²) in [5.41, 5.74) is 8.34. The average molecular weight is 949 g/mol. The molecule has 0 aliphatic heterocycles. The smallest absolute Gasteiger partial charge is 0.193 e. The van der Waals surface area contributed by atoms with Gasteiger partial charge in [-0.05, 0) is 143 Å². The summed E-state index contributed by atoms with van der Waals surface area (Å²) in [6, 6.07) is 76.4. The first-order chi connectivity index (χ1) is 33.5. The highest BCUT2D eigenvalue weighted by atomic mass is 32.2. The molecule has 0 heterocycles. The maximum Gasteiger partial charge on any atom is 0.193 e. The molecule has 1 aliphatic carbocycles. The van der Waals surface area contributed by atoms with Crippen LogP contribution in [0.3, 0.4) is 0 Å². The molecule has 0 bridgehead atoms. The van der Waals surface area contributed by atoms with E-state index < -0.39 is 0 Å². The summed E-state index contributed by atoms with van der Waals surface area (Å²) in [4.78, 5) is 36.0. The van der Waals surface area contributed by atoms with Crippen molar-refractivity contribution >= 4 is 58.6 Å². The number of hydrogen-bond acceptors (Lipinski definition) is 6. The lowest BCUT2D eigenvalue weighted by Gasteiger charge is -2.13. The maximum absolute atomic E-state index is 14.0. The van der Waals surface area contributed by atoms with Gasteiger partial charge in [0.15, 0.2) is 11.6 Å². The molecule has 0 spiro atoms. The van der Waals surface area contributed by atoms with Gasteiger partial charge in [-0.25, -0.2) is 0 Å². The molecule has 328 valence electrons. The van der Waals surface area contributed by atoms with E-state index in [-0.39, 0.29) is 11.6 Å². The van der Waals surface area contributed by atoms with Crippen molar-refractivity contribution in [3.8, 4) is 22.3 Å². The summed E-state index contributed by atoms with van der Waals surface area (Å²) in [5.74, 6) is 0.477. The minimum Gasteiger partial charge on any atom is -0.289 e. The summed E-state index contributed by atoms with van der Waals surface area (Å²) < 4.78 is 0. The number of ketones is 2. The first-order valence-electron chi connectivity index (χ1n) is 22.5. The Morgan fingerprint density at radius 1 is 0.324 bits per heavy atom. The number of carbonyl (C=O) groups is 2. The third-order valence-corrected chi connectivity index (χ3v) is 15.6. The maximum atomic E-state index is 14.0. The molecule has 0 saturated carbocycles. The Hall–Kier alpha value is -6.80. The fraction of sp³-hybridized carbons (Fsp3) is 0.0323. The van der Waals surface area contributed by atoms with Gasteiger partial charge in [-0.2, -0.15) is 0 Å². The predicted octanol–water partition coefficient (Wildman–Crippen LogP) is 17.7. The molecular weight excluding hydrogens is 905 g/mol. The number of allylic oxidation sites excluding steroid dienone is 4. The molecule has 9 aromatic carbocycles. The Bertz CT molecular complexity index is 3270. The fourth-order valence-corrected chi connectivity index (χ4v) is 11.5. The molecule has 9 aromatic rings. The van der Waals surface area contributed by atoms with Gasteiger partial charge in [0.05, 0.1) is 0 Å². The Morgan fingerprint density at radius 3 is 1.24 bits per heavy atom. The first-order valence-corrected chi connectivity index (χ1v) is 25.7. The van der Waals surface area contributed by atoms with Crippen LogP contribution in [0.25, 0.3) is 22.3 Å². The molecule has 2 nitrogen and oxygen atoms in total. The van der Waals surface area contributed by atoms with Crippen LogP contribution in [0.15, 0.2) is 288 Å². The van der Waals surface area contributed by atoms with E-state index in [9.17, 15) is 9.59 Å². The Kier molecular flexibility index (Phi) is 14.2. The summed E-state index contributed by atoms with van der Waals surface area (Å²) >= 11 is 6.81. The van der Waals surface area contributed by atoms with Crippen molar-refractivity contribution in [2.24, 2.45) is 0 Å². The molecule has 6 heteroatoms. The summed E-state index contributed by atoms with van der Waals surface area (Å²) in [6.07, 6.45) is 9.84. The average Bonchev–Trinajstić information content (AvgIpc) is 3.40. The standard InChI is InChI=1S/C62H44O2S4/c63-61(46-13-5-2-6-14-46)51-19-9-21-59(41-51)67-57-35-37-58(38-36-57)68-60-22-10-20-52(42-60)62(64)50-18-8-17-49(40-50)48-16-7-15-47(39-48)45-25-29-54(30-26-45)66-56-33-31-55(32-34-56)65-53-27-23-44(24-28-53)43-11-3-1-4-12-43/h1-11,13-43H,12H2. The largest absolute Gasteiger partial charge is 0.289 e.